The lowest BCUT2D eigenvalue weighted by Crippen LogP contribution is -2.48. The minimum atomic E-state index is -4.43. The predicted molar refractivity (Wildman–Crippen MR) is 145 cm³/mol. The van der Waals surface area contributed by atoms with Crippen LogP contribution in [0.3, 0.4) is 0 Å². The van der Waals surface area contributed by atoms with Crippen LogP contribution in [-0.2, 0) is 11.6 Å². The Morgan fingerprint density at radius 3 is 1.79 bits per heavy atom. The van der Waals surface area contributed by atoms with Gasteiger partial charge in [-0.1, -0.05) is 77.9 Å². The van der Waals surface area contributed by atoms with Crippen molar-refractivity contribution in [2.24, 2.45) is 5.41 Å². The topological polar surface area (TPSA) is 21.3 Å². The Morgan fingerprint density at radius 2 is 1.32 bits per heavy atom. The first-order chi connectivity index (χ1) is 18.2. The van der Waals surface area contributed by atoms with E-state index < -0.39 is 17.2 Å². The van der Waals surface area contributed by atoms with Crippen LogP contribution in [0.25, 0.3) is 0 Å². The lowest BCUT2D eigenvalue weighted by Gasteiger charge is -2.52. The van der Waals surface area contributed by atoms with Crippen LogP contribution in [0.2, 0.25) is 0 Å². The highest BCUT2D eigenvalue weighted by molar-refractivity contribution is 5.71. The molecule has 1 saturated carbocycles. The van der Waals surface area contributed by atoms with E-state index in [4.69, 9.17) is 4.74 Å². The Morgan fingerprint density at radius 1 is 0.763 bits per heavy atom. The van der Waals surface area contributed by atoms with Gasteiger partial charge >= 0.3 is 6.18 Å². The highest BCUT2D eigenvalue weighted by Gasteiger charge is 2.68. The number of benzene rings is 4. The molecule has 0 aromatic heterocycles. The Bertz CT molecular complexity index is 1420. The molecule has 4 aromatic carbocycles. The molecule has 1 spiro atoms. The molecule has 1 atom stereocenters. The van der Waals surface area contributed by atoms with Crippen LogP contribution in [-0.4, -0.2) is 7.11 Å². The molecule has 0 amide bonds. The molecule has 194 valence electrons. The van der Waals surface area contributed by atoms with Crippen molar-refractivity contribution in [1.82, 2.24) is 0 Å². The number of halogens is 3. The van der Waals surface area contributed by atoms with Gasteiger partial charge in [0.25, 0.3) is 0 Å². The number of nitrogens with one attached hydrogen (secondary N) is 1. The van der Waals surface area contributed by atoms with E-state index in [0.29, 0.717) is 5.69 Å². The second-order valence-electron chi connectivity index (χ2n) is 10.7. The fraction of sp³-hybridized carbons (Fsp3) is 0.273. The van der Waals surface area contributed by atoms with Crippen LogP contribution in [0, 0.1) is 19.3 Å². The summed E-state index contributed by atoms with van der Waals surface area (Å²) in [6, 6.07) is 29.0. The molecule has 1 N–H and O–H groups in total. The molecule has 2 nitrogen and oxygen atoms in total. The molecule has 1 unspecified atom stereocenters. The van der Waals surface area contributed by atoms with E-state index in [1.54, 1.807) is 13.2 Å². The van der Waals surface area contributed by atoms with Gasteiger partial charge in [-0.05, 0) is 73.2 Å². The fourth-order valence-corrected chi connectivity index (χ4v) is 6.60. The number of fused-ring (bicyclic) bond motifs is 1. The van der Waals surface area contributed by atoms with Gasteiger partial charge < -0.3 is 10.1 Å². The van der Waals surface area contributed by atoms with Gasteiger partial charge in [-0.15, -0.1) is 0 Å². The van der Waals surface area contributed by atoms with Gasteiger partial charge in [0.2, 0.25) is 0 Å². The van der Waals surface area contributed by atoms with E-state index >= 15 is 0 Å². The summed E-state index contributed by atoms with van der Waals surface area (Å²) in [5.74, 6) is 0.748. The summed E-state index contributed by atoms with van der Waals surface area (Å²) in [7, 11) is 1.63. The fourth-order valence-electron chi connectivity index (χ4n) is 6.60. The van der Waals surface area contributed by atoms with Crippen molar-refractivity contribution in [1.29, 1.82) is 0 Å². The summed E-state index contributed by atoms with van der Waals surface area (Å²) in [4.78, 5) is 0. The zero-order valence-corrected chi connectivity index (χ0v) is 21.7. The number of alkyl halides is 3. The molecule has 6 rings (SSSR count). The molecule has 1 fully saturated rings. The Kier molecular flexibility index (Phi) is 5.60. The molecule has 1 aliphatic carbocycles. The molecule has 0 saturated heterocycles. The first-order valence-corrected chi connectivity index (χ1v) is 13.0. The number of hydrogen-bond acceptors (Lipinski definition) is 2. The van der Waals surface area contributed by atoms with Crippen LogP contribution < -0.4 is 10.1 Å². The third kappa shape index (κ3) is 3.63. The van der Waals surface area contributed by atoms with Gasteiger partial charge in [-0.3, -0.25) is 0 Å². The largest absolute Gasteiger partial charge is 0.497 e. The maximum absolute atomic E-state index is 13.9. The summed E-state index contributed by atoms with van der Waals surface area (Å²) in [6.07, 6.45) is -2.55. The average molecular weight is 514 g/mol. The lowest BCUT2D eigenvalue weighted by atomic mass is 9.54. The summed E-state index contributed by atoms with van der Waals surface area (Å²) >= 11 is 0. The van der Waals surface area contributed by atoms with Crippen molar-refractivity contribution in [2.45, 2.75) is 44.3 Å². The summed E-state index contributed by atoms with van der Waals surface area (Å²) < 4.78 is 47.1. The normalized spacial score (nSPS) is 18.9. The molecular formula is C33H30F3NO. The van der Waals surface area contributed by atoms with Crippen LogP contribution in [0.4, 0.5) is 18.9 Å². The molecule has 0 bridgehead atoms. The van der Waals surface area contributed by atoms with Gasteiger partial charge in [-0.2, -0.15) is 13.2 Å². The van der Waals surface area contributed by atoms with E-state index in [1.807, 2.05) is 24.3 Å². The highest BCUT2D eigenvalue weighted by atomic mass is 19.4. The van der Waals surface area contributed by atoms with E-state index in [-0.39, 0.29) is 11.5 Å². The Balaban J connectivity index is 1.69. The molecule has 2 aliphatic rings. The van der Waals surface area contributed by atoms with E-state index in [1.165, 1.54) is 12.1 Å². The van der Waals surface area contributed by atoms with Crippen LogP contribution in [0.1, 0.15) is 57.8 Å². The SMILES string of the molecule is COc1ccc(C2Nc3cc(C(F)(F)F)ccc3C(c3ccc(C)cc3)(c3ccc(C)cc3)C23CC3)cc1. The van der Waals surface area contributed by atoms with Gasteiger partial charge in [0.1, 0.15) is 5.75 Å². The number of methoxy groups -OCH3 is 1. The molecule has 1 aliphatic heterocycles. The molecular weight excluding hydrogens is 483 g/mol. The van der Waals surface area contributed by atoms with E-state index in [0.717, 1.165) is 52.0 Å². The molecule has 1 heterocycles. The second kappa shape index (κ2) is 8.65. The third-order valence-corrected chi connectivity index (χ3v) is 8.56. The van der Waals surface area contributed by atoms with Crippen molar-refractivity contribution in [3.05, 3.63) is 130 Å². The average Bonchev–Trinajstić information content (AvgIpc) is 3.71. The summed E-state index contributed by atoms with van der Waals surface area (Å²) in [5.41, 5.74) is 5.40. The smallest absolute Gasteiger partial charge is 0.416 e. The Labute approximate surface area is 221 Å². The third-order valence-electron chi connectivity index (χ3n) is 8.56. The quantitative estimate of drug-likeness (QED) is 0.295. The second-order valence-corrected chi connectivity index (χ2v) is 10.7. The molecule has 0 radical (unpaired) electrons. The van der Waals surface area contributed by atoms with E-state index in [9.17, 15) is 13.2 Å². The monoisotopic (exact) mass is 513 g/mol. The maximum Gasteiger partial charge on any atom is 0.416 e. The van der Waals surface area contributed by atoms with Crippen molar-refractivity contribution in [3.63, 3.8) is 0 Å². The minimum Gasteiger partial charge on any atom is -0.497 e. The van der Waals surface area contributed by atoms with Crippen molar-refractivity contribution in [3.8, 4) is 5.75 Å². The van der Waals surface area contributed by atoms with Crippen molar-refractivity contribution in [2.75, 3.05) is 12.4 Å². The van der Waals surface area contributed by atoms with Gasteiger partial charge in [0.15, 0.2) is 0 Å². The number of anilines is 1. The Hall–Kier alpha value is -3.73. The van der Waals surface area contributed by atoms with Crippen LogP contribution in [0.5, 0.6) is 5.75 Å². The highest BCUT2D eigenvalue weighted by Crippen LogP contribution is 2.73. The van der Waals surface area contributed by atoms with Gasteiger partial charge in [-0.25, -0.2) is 0 Å². The number of hydrogen-bond donors (Lipinski definition) is 1. The lowest BCUT2D eigenvalue weighted by molar-refractivity contribution is -0.137. The number of ether oxygens (including phenoxy) is 1. The zero-order valence-electron chi connectivity index (χ0n) is 21.7. The van der Waals surface area contributed by atoms with E-state index in [2.05, 4.69) is 67.7 Å². The minimum absolute atomic E-state index is 0.188. The van der Waals surface area contributed by atoms with Crippen LogP contribution in [0.15, 0.2) is 91.0 Å². The predicted octanol–water partition coefficient (Wildman–Crippen LogP) is 8.61. The summed E-state index contributed by atoms with van der Waals surface area (Å²) in [5, 5.41) is 3.59. The van der Waals surface area contributed by atoms with Crippen molar-refractivity contribution < 1.29 is 17.9 Å². The first kappa shape index (κ1) is 24.6. The summed E-state index contributed by atoms with van der Waals surface area (Å²) in [6.45, 7) is 4.11. The van der Waals surface area contributed by atoms with Gasteiger partial charge in [0, 0.05) is 11.1 Å². The standard InChI is InChI=1S/C33H30F3NO/c1-21-4-10-24(11-5-21)32(25-12-6-22(2)7-13-25)28-17-14-26(33(34,35)36)20-29(28)37-30(31(32)18-19-31)23-8-15-27(38-3)16-9-23/h4-17,20,30,37H,18-19H2,1-3H3. The van der Waals surface area contributed by atoms with Crippen molar-refractivity contribution >= 4 is 5.69 Å². The molecule has 4 aromatic rings. The molecule has 38 heavy (non-hydrogen) atoms. The number of aryl methyl sites for hydroxylation is 2. The first-order valence-electron chi connectivity index (χ1n) is 13.0. The number of rotatable bonds is 4. The zero-order chi connectivity index (χ0) is 26.7. The molecule has 5 heteroatoms. The van der Waals surface area contributed by atoms with Gasteiger partial charge in [0.05, 0.1) is 24.1 Å². The van der Waals surface area contributed by atoms with Crippen LogP contribution >= 0.6 is 0 Å². The maximum atomic E-state index is 13.9.